The molecule has 5 nitrogen and oxygen atoms in total. The van der Waals surface area contributed by atoms with E-state index in [1.165, 1.54) is 12.1 Å². The number of piperidine rings is 1. The Morgan fingerprint density at radius 3 is 2.88 bits per heavy atom. The van der Waals surface area contributed by atoms with Crippen molar-refractivity contribution in [2.45, 2.75) is 25.8 Å². The van der Waals surface area contributed by atoms with Crippen LogP contribution in [-0.4, -0.2) is 35.6 Å². The van der Waals surface area contributed by atoms with Crippen LogP contribution in [0.15, 0.2) is 30.5 Å². The molecule has 0 bridgehead atoms. The number of nitriles is 1. The lowest BCUT2D eigenvalue weighted by molar-refractivity contribution is 0.389. The predicted molar refractivity (Wildman–Crippen MR) is 94.0 cm³/mol. The van der Waals surface area contributed by atoms with Crippen molar-refractivity contribution in [3.63, 3.8) is 0 Å². The van der Waals surface area contributed by atoms with Gasteiger partial charge in [-0.15, -0.1) is 0 Å². The van der Waals surface area contributed by atoms with E-state index in [-0.39, 0.29) is 5.82 Å². The van der Waals surface area contributed by atoms with Gasteiger partial charge in [0.05, 0.1) is 11.6 Å². The van der Waals surface area contributed by atoms with Crippen LogP contribution in [0.4, 0.5) is 15.9 Å². The number of fused-ring (bicyclic) bond motifs is 1. The number of hydrogen-bond acceptors (Lipinski definition) is 5. The number of rotatable bonds is 2. The molecule has 3 heterocycles. The number of nitrogens with zero attached hydrogens (tertiary/aromatic N) is 5. The van der Waals surface area contributed by atoms with Crippen LogP contribution < -0.4 is 9.80 Å². The van der Waals surface area contributed by atoms with Gasteiger partial charge >= 0.3 is 0 Å². The highest BCUT2D eigenvalue weighted by Crippen LogP contribution is 2.36. The van der Waals surface area contributed by atoms with Crippen LogP contribution in [0.5, 0.6) is 0 Å². The minimum atomic E-state index is -0.350. The first-order valence-corrected chi connectivity index (χ1v) is 8.66. The van der Waals surface area contributed by atoms with Gasteiger partial charge in [-0.25, -0.2) is 14.4 Å². The molecule has 2 aliphatic rings. The van der Waals surface area contributed by atoms with Crippen molar-refractivity contribution in [3.8, 4) is 6.07 Å². The highest BCUT2D eigenvalue weighted by Gasteiger charge is 2.39. The molecule has 0 N–H and O–H groups in total. The average Bonchev–Trinajstić information content (AvgIpc) is 3.04. The molecule has 25 heavy (non-hydrogen) atoms. The monoisotopic (exact) mass is 337 g/mol. The van der Waals surface area contributed by atoms with Crippen LogP contribution >= 0.6 is 0 Å². The Kier molecular flexibility index (Phi) is 4.00. The molecule has 4 rings (SSSR count). The van der Waals surface area contributed by atoms with Gasteiger partial charge in [0.25, 0.3) is 0 Å². The van der Waals surface area contributed by atoms with Crippen LogP contribution in [0.25, 0.3) is 0 Å². The van der Waals surface area contributed by atoms with E-state index < -0.39 is 0 Å². The van der Waals surface area contributed by atoms with Crippen LogP contribution in [0, 0.1) is 30.0 Å². The first kappa shape index (κ1) is 15.8. The summed E-state index contributed by atoms with van der Waals surface area (Å²) in [5.41, 5.74) is 1.18. The summed E-state index contributed by atoms with van der Waals surface area (Å²) in [4.78, 5) is 13.3. The van der Waals surface area contributed by atoms with E-state index in [4.69, 9.17) is 5.26 Å². The highest BCUT2D eigenvalue weighted by molar-refractivity contribution is 5.54. The molecule has 2 fully saturated rings. The van der Waals surface area contributed by atoms with Gasteiger partial charge in [0.15, 0.2) is 0 Å². The third-order valence-corrected chi connectivity index (χ3v) is 5.29. The fourth-order valence-corrected chi connectivity index (χ4v) is 4.09. The van der Waals surface area contributed by atoms with Crippen LogP contribution in [0.3, 0.4) is 0 Å². The molecule has 2 saturated heterocycles. The Balaban J connectivity index is 1.60. The Labute approximate surface area is 146 Å². The van der Waals surface area contributed by atoms with Crippen molar-refractivity contribution in [2.75, 3.05) is 29.4 Å². The molecule has 2 unspecified atom stereocenters. The van der Waals surface area contributed by atoms with Gasteiger partial charge in [-0.05, 0) is 49.9 Å². The van der Waals surface area contributed by atoms with Crippen molar-refractivity contribution in [3.05, 3.63) is 47.7 Å². The highest BCUT2D eigenvalue weighted by atomic mass is 19.1. The Bertz CT molecular complexity index is 831. The van der Waals surface area contributed by atoms with Crippen LogP contribution in [-0.2, 0) is 0 Å². The van der Waals surface area contributed by atoms with Crippen molar-refractivity contribution in [1.82, 2.24) is 9.97 Å². The fraction of sp³-hybridized carbons (Fsp3) is 0.421. The lowest BCUT2D eigenvalue weighted by Gasteiger charge is -2.40. The number of aromatic nitrogens is 2. The van der Waals surface area contributed by atoms with Crippen molar-refractivity contribution in [2.24, 2.45) is 5.92 Å². The zero-order valence-corrected chi connectivity index (χ0v) is 14.2. The van der Waals surface area contributed by atoms with Gasteiger partial charge in [0.1, 0.15) is 17.5 Å². The molecule has 0 aliphatic carbocycles. The first-order chi connectivity index (χ1) is 12.1. The van der Waals surface area contributed by atoms with E-state index in [2.05, 4.69) is 25.8 Å². The summed E-state index contributed by atoms with van der Waals surface area (Å²) < 4.78 is 13.9. The summed E-state index contributed by atoms with van der Waals surface area (Å²) in [6, 6.07) is 8.93. The zero-order valence-electron chi connectivity index (χ0n) is 14.2. The van der Waals surface area contributed by atoms with Crippen molar-refractivity contribution >= 4 is 11.5 Å². The maximum absolute atomic E-state index is 13.9. The molecular formula is C19H20FN5. The molecule has 0 spiro atoms. The second kappa shape index (κ2) is 6.32. The van der Waals surface area contributed by atoms with E-state index >= 15 is 0 Å². The molecular weight excluding hydrogens is 317 g/mol. The molecule has 0 saturated carbocycles. The lowest BCUT2D eigenvalue weighted by atomic mass is 9.92. The van der Waals surface area contributed by atoms with E-state index in [1.54, 1.807) is 12.3 Å². The lowest BCUT2D eigenvalue weighted by Crippen LogP contribution is -2.48. The summed E-state index contributed by atoms with van der Waals surface area (Å²) >= 11 is 0. The smallest absolute Gasteiger partial charge is 0.132 e. The van der Waals surface area contributed by atoms with Crippen LogP contribution in [0.1, 0.15) is 24.2 Å². The minimum absolute atomic E-state index is 0.317. The Morgan fingerprint density at radius 1 is 1.24 bits per heavy atom. The van der Waals surface area contributed by atoms with Gasteiger partial charge in [-0.2, -0.15) is 5.26 Å². The minimum Gasteiger partial charge on any atom is -0.366 e. The molecule has 2 aromatic rings. The van der Waals surface area contributed by atoms with Crippen molar-refractivity contribution in [1.29, 1.82) is 5.26 Å². The summed E-state index contributed by atoms with van der Waals surface area (Å²) in [6.45, 7) is 4.65. The van der Waals surface area contributed by atoms with Crippen LogP contribution in [0.2, 0.25) is 0 Å². The van der Waals surface area contributed by atoms with Gasteiger partial charge in [0, 0.05) is 37.6 Å². The van der Waals surface area contributed by atoms with Crippen molar-refractivity contribution < 1.29 is 4.39 Å². The van der Waals surface area contributed by atoms with Gasteiger partial charge in [-0.3, -0.25) is 0 Å². The number of halogens is 1. The third-order valence-electron chi connectivity index (χ3n) is 5.29. The normalized spacial score (nSPS) is 22.6. The second-order valence-corrected chi connectivity index (χ2v) is 6.82. The molecule has 0 amide bonds. The zero-order chi connectivity index (χ0) is 17.4. The van der Waals surface area contributed by atoms with Gasteiger partial charge in [-0.1, -0.05) is 0 Å². The Morgan fingerprint density at radius 2 is 2.08 bits per heavy atom. The first-order valence-electron chi connectivity index (χ1n) is 8.66. The number of anilines is 2. The van der Waals surface area contributed by atoms with E-state index in [1.807, 2.05) is 13.0 Å². The van der Waals surface area contributed by atoms with E-state index in [0.29, 0.717) is 17.5 Å². The largest absolute Gasteiger partial charge is 0.366 e. The molecule has 2 atom stereocenters. The molecule has 0 radical (unpaired) electrons. The standard InChI is InChI=1S/C19H20FN5/c1-13-22-5-2-19(23-13)24-6-3-15-4-7-25(18(15)12-24)17-9-14(11-21)8-16(20)10-17/h2,5,8-10,15,18H,3-4,6-7,12H2,1H3. The number of hydrogen-bond donors (Lipinski definition) is 0. The molecule has 128 valence electrons. The number of aryl methyl sites for hydroxylation is 1. The SMILES string of the molecule is Cc1nccc(N2CCC3CCN(c4cc(F)cc(C#N)c4)C3C2)n1. The van der Waals surface area contributed by atoms with E-state index in [9.17, 15) is 4.39 Å². The summed E-state index contributed by atoms with van der Waals surface area (Å²) in [7, 11) is 0. The molecule has 6 heteroatoms. The maximum Gasteiger partial charge on any atom is 0.132 e. The summed E-state index contributed by atoms with van der Waals surface area (Å²) in [6.07, 6.45) is 4.01. The molecule has 2 aliphatic heterocycles. The molecule has 1 aromatic heterocycles. The van der Waals surface area contributed by atoms with E-state index in [0.717, 1.165) is 49.8 Å². The van der Waals surface area contributed by atoms with Gasteiger partial charge in [0.2, 0.25) is 0 Å². The maximum atomic E-state index is 13.9. The molecule has 1 aromatic carbocycles. The predicted octanol–water partition coefficient (Wildman–Crippen LogP) is 2.90. The summed E-state index contributed by atoms with van der Waals surface area (Å²) in [5.74, 6) is 1.98. The quantitative estimate of drug-likeness (QED) is 0.843. The topological polar surface area (TPSA) is 56.1 Å². The third kappa shape index (κ3) is 3.02. The fourth-order valence-electron chi connectivity index (χ4n) is 4.09. The Hall–Kier alpha value is -2.68. The number of benzene rings is 1. The van der Waals surface area contributed by atoms with Gasteiger partial charge < -0.3 is 9.80 Å². The average molecular weight is 337 g/mol. The summed E-state index contributed by atoms with van der Waals surface area (Å²) in [5, 5.41) is 9.12. The second-order valence-electron chi connectivity index (χ2n) is 6.82.